The molecule has 2 saturated carbocycles. The van der Waals surface area contributed by atoms with Crippen molar-refractivity contribution in [1.82, 2.24) is 9.88 Å². The highest BCUT2D eigenvalue weighted by atomic mass is 32.1. The van der Waals surface area contributed by atoms with Crippen molar-refractivity contribution in [1.29, 1.82) is 5.26 Å². The number of nitriles is 1. The number of rotatable bonds is 6. The summed E-state index contributed by atoms with van der Waals surface area (Å²) in [5.41, 5.74) is 0.987. The number of anilines is 1. The first kappa shape index (κ1) is 17.4. The molecule has 6 heteroatoms. The van der Waals surface area contributed by atoms with Crippen LogP contribution in [0.5, 0.6) is 0 Å². The van der Waals surface area contributed by atoms with Gasteiger partial charge < -0.3 is 0 Å². The first-order chi connectivity index (χ1) is 11.7. The number of thiazole rings is 1. The van der Waals surface area contributed by atoms with Crippen molar-refractivity contribution in [3.05, 3.63) is 11.1 Å². The third-order valence-corrected chi connectivity index (χ3v) is 5.87. The van der Waals surface area contributed by atoms with Gasteiger partial charge in [0.1, 0.15) is 0 Å². The Balaban J connectivity index is 1.68. The Bertz CT molecular complexity index is 596. The molecule has 0 aromatic carbocycles. The third-order valence-electron chi connectivity index (χ3n) is 4.98. The highest BCUT2D eigenvalue weighted by Gasteiger charge is 2.33. The van der Waals surface area contributed by atoms with E-state index in [1.54, 1.807) is 18.3 Å². The van der Waals surface area contributed by atoms with Crippen LogP contribution < -0.4 is 4.90 Å². The van der Waals surface area contributed by atoms with Crippen molar-refractivity contribution in [2.75, 3.05) is 11.4 Å². The van der Waals surface area contributed by atoms with E-state index in [1.807, 2.05) is 4.90 Å². The molecule has 2 aliphatic carbocycles. The van der Waals surface area contributed by atoms with E-state index in [2.05, 4.69) is 16.3 Å². The Hall–Kier alpha value is -1.45. The van der Waals surface area contributed by atoms with E-state index in [0.29, 0.717) is 25.2 Å². The largest absolute Gasteiger partial charge is 0.285 e. The predicted octanol–water partition coefficient (Wildman–Crippen LogP) is 3.71. The van der Waals surface area contributed by atoms with Crippen molar-refractivity contribution >= 4 is 22.4 Å². The Morgan fingerprint density at radius 3 is 2.54 bits per heavy atom. The van der Waals surface area contributed by atoms with E-state index in [4.69, 9.17) is 4.98 Å². The van der Waals surface area contributed by atoms with Crippen LogP contribution in [0.25, 0.3) is 0 Å². The molecule has 2 aliphatic rings. The third kappa shape index (κ3) is 4.34. The molecule has 3 rings (SSSR count). The van der Waals surface area contributed by atoms with Crippen LogP contribution in [0.15, 0.2) is 5.38 Å². The first-order valence-corrected chi connectivity index (χ1v) is 9.92. The van der Waals surface area contributed by atoms with Crippen LogP contribution in [0.4, 0.5) is 5.13 Å². The van der Waals surface area contributed by atoms with Gasteiger partial charge in [0.2, 0.25) is 5.91 Å². The molecule has 130 valence electrons. The van der Waals surface area contributed by atoms with Gasteiger partial charge in [-0.1, -0.05) is 25.7 Å². The monoisotopic (exact) mass is 346 g/mol. The zero-order valence-electron chi connectivity index (χ0n) is 14.4. The molecule has 24 heavy (non-hydrogen) atoms. The van der Waals surface area contributed by atoms with Gasteiger partial charge >= 0.3 is 0 Å². The fraction of sp³-hybridized carbons (Fsp3) is 0.722. The fourth-order valence-corrected chi connectivity index (χ4v) is 4.53. The molecule has 0 atom stereocenters. The molecule has 2 fully saturated rings. The molecule has 0 aliphatic heterocycles. The van der Waals surface area contributed by atoms with Gasteiger partial charge in [-0.3, -0.25) is 14.6 Å². The first-order valence-electron chi connectivity index (χ1n) is 9.04. The summed E-state index contributed by atoms with van der Waals surface area (Å²) >= 11 is 1.55. The summed E-state index contributed by atoms with van der Waals surface area (Å²) in [5.74, 6) is 0.0797. The summed E-state index contributed by atoms with van der Waals surface area (Å²) < 4.78 is 0. The van der Waals surface area contributed by atoms with Crippen molar-refractivity contribution in [3.8, 4) is 6.07 Å². The lowest BCUT2D eigenvalue weighted by Gasteiger charge is -2.28. The normalized spacial score (nSPS) is 19.0. The average Bonchev–Trinajstić information content (AvgIpc) is 3.32. The lowest BCUT2D eigenvalue weighted by Crippen LogP contribution is -2.35. The Morgan fingerprint density at radius 1 is 1.25 bits per heavy atom. The number of aromatic nitrogens is 1. The number of hydrogen-bond donors (Lipinski definition) is 0. The molecule has 0 unspecified atom stereocenters. The van der Waals surface area contributed by atoms with Crippen molar-refractivity contribution in [2.45, 2.75) is 76.9 Å². The minimum absolute atomic E-state index is 0.0797. The van der Waals surface area contributed by atoms with Crippen LogP contribution in [0.3, 0.4) is 0 Å². The minimum atomic E-state index is 0.0797. The van der Waals surface area contributed by atoms with Crippen LogP contribution in [0.1, 0.15) is 64.0 Å². The zero-order valence-corrected chi connectivity index (χ0v) is 15.2. The van der Waals surface area contributed by atoms with Crippen LogP contribution in [0, 0.1) is 11.3 Å². The Kier molecular flexibility index (Phi) is 5.85. The minimum Gasteiger partial charge on any atom is -0.285 e. The second-order valence-corrected chi connectivity index (χ2v) is 7.79. The van der Waals surface area contributed by atoms with Crippen molar-refractivity contribution in [2.24, 2.45) is 0 Å². The second-order valence-electron chi connectivity index (χ2n) is 6.95. The SMILES string of the molecule is CC(=O)N(c1nc(CN(CC#N)C2CCCCCC2)cs1)C1CC1. The van der Waals surface area contributed by atoms with Gasteiger partial charge in [0.25, 0.3) is 0 Å². The van der Waals surface area contributed by atoms with Gasteiger partial charge in [-0.05, 0) is 25.7 Å². The average molecular weight is 347 g/mol. The molecule has 1 heterocycles. The van der Waals surface area contributed by atoms with Crippen molar-refractivity contribution in [3.63, 3.8) is 0 Å². The van der Waals surface area contributed by atoms with Gasteiger partial charge in [-0.15, -0.1) is 11.3 Å². The molecule has 0 spiro atoms. The summed E-state index contributed by atoms with van der Waals surface area (Å²) in [5, 5.41) is 12.1. The lowest BCUT2D eigenvalue weighted by atomic mass is 10.1. The topological polar surface area (TPSA) is 60.2 Å². The Labute approximate surface area is 148 Å². The maximum absolute atomic E-state index is 11.9. The molecule has 0 saturated heterocycles. The van der Waals surface area contributed by atoms with Gasteiger partial charge in [-0.25, -0.2) is 4.98 Å². The number of carbonyl (C=O) groups is 1. The van der Waals surface area contributed by atoms with E-state index >= 15 is 0 Å². The molecular weight excluding hydrogens is 320 g/mol. The molecule has 0 N–H and O–H groups in total. The lowest BCUT2D eigenvalue weighted by molar-refractivity contribution is -0.116. The summed E-state index contributed by atoms with van der Waals surface area (Å²) in [6.45, 7) is 2.79. The highest BCUT2D eigenvalue weighted by Crippen LogP contribution is 2.34. The number of nitrogens with zero attached hydrogens (tertiary/aromatic N) is 4. The molecule has 0 bridgehead atoms. The number of amides is 1. The summed E-state index contributed by atoms with van der Waals surface area (Å²) in [7, 11) is 0. The molecule has 0 radical (unpaired) electrons. The predicted molar refractivity (Wildman–Crippen MR) is 95.8 cm³/mol. The molecule has 1 amide bonds. The van der Waals surface area contributed by atoms with Crippen LogP contribution in [0.2, 0.25) is 0 Å². The maximum atomic E-state index is 11.9. The molecule has 5 nitrogen and oxygen atoms in total. The van der Waals surface area contributed by atoms with E-state index in [1.165, 1.54) is 38.5 Å². The van der Waals surface area contributed by atoms with Crippen LogP contribution in [-0.2, 0) is 11.3 Å². The van der Waals surface area contributed by atoms with Gasteiger partial charge in [-0.2, -0.15) is 5.26 Å². The summed E-state index contributed by atoms with van der Waals surface area (Å²) in [4.78, 5) is 20.7. The molecule has 1 aromatic rings. The smallest absolute Gasteiger partial charge is 0.225 e. The van der Waals surface area contributed by atoms with Crippen LogP contribution in [-0.4, -0.2) is 34.4 Å². The number of carbonyl (C=O) groups excluding carboxylic acids is 1. The summed E-state index contributed by atoms with van der Waals surface area (Å²) in [6.07, 6.45) is 9.66. The van der Waals surface area contributed by atoms with Gasteiger partial charge in [0, 0.05) is 30.9 Å². The van der Waals surface area contributed by atoms with Gasteiger partial charge in [0.15, 0.2) is 5.13 Å². The summed E-state index contributed by atoms with van der Waals surface area (Å²) in [6, 6.07) is 3.16. The van der Waals surface area contributed by atoms with E-state index in [-0.39, 0.29) is 5.91 Å². The van der Waals surface area contributed by atoms with E-state index in [0.717, 1.165) is 23.7 Å². The standard InChI is InChI=1S/C18H26N4OS/c1-14(23)22(17-8-9-17)18-20-15(13-24-18)12-21(11-10-19)16-6-4-2-3-5-7-16/h13,16-17H,2-9,11-12H2,1H3. The fourth-order valence-electron chi connectivity index (χ4n) is 3.60. The number of hydrogen-bond acceptors (Lipinski definition) is 5. The van der Waals surface area contributed by atoms with E-state index in [9.17, 15) is 10.1 Å². The maximum Gasteiger partial charge on any atom is 0.225 e. The Morgan fingerprint density at radius 2 is 1.96 bits per heavy atom. The van der Waals surface area contributed by atoms with Gasteiger partial charge in [0.05, 0.1) is 18.3 Å². The van der Waals surface area contributed by atoms with Crippen molar-refractivity contribution < 1.29 is 4.79 Å². The highest BCUT2D eigenvalue weighted by molar-refractivity contribution is 7.14. The zero-order chi connectivity index (χ0) is 16.9. The van der Waals surface area contributed by atoms with E-state index < -0.39 is 0 Å². The molecular formula is C18H26N4OS. The quantitative estimate of drug-likeness (QED) is 0.582. The van der Waals surface area contributed by atoms with Crippen LogP contribution >= 0.6 is 11.3 Å². The second kappa shape index (κ2) is 8.09. The molecule has 1 aromatic heterocycles.